The molecule has 1 aliphatic rings. The number of sulfone groups is 3. The third kappa shape index (κ3) is 19.1. The Morgan fingerprint density at radius 3 is 1.58 bits per heavy atom. The number of nitrogens with one attached hydrogen (secondary N) is 2. The van der Waals surface area contributed by atoms with Crippen molar-refractivity contribution in [1.29, 1.82) is 0 Å². The molecular weight excluding hydrogens is 896 g/mol. The van der Waals surface area contributed by atoms with Crippen LogP contribution in [0.5, 0.6) is 0 Å². The Hall–Kier alpha value is -7.38. The lowest BCUT2D eigenvalue weighted by atomic mass is 10.0. The van der Waals surface area contributed by atoms with Gasteiger partial charge in [0.1, 0.15) is 35.2 Å². The summed E-state index contributed by atoms with van der Waals surface area (Å²) in [5, 5.41) is 26.4. The van der Waals surface area contributed by atoms with Crippen LogP contribution in [-0.4, -0.2) is 97.3 Å². The Labute approximate surface area is 370 Å². The zero-order valence-corrected chi connectivity index (χ0v) is 37.1. The van der Waals surface area contributed by atoms with Crippen molar-refractivity contribution < 1.29 is 39.5 Å². The number of halogens is 1. The third-order valence-electron chi connectivity index (χ3n) is 8.45. The number of anilines is 4. The molecule has 0 bridgehead atoms. The quantitative estimate of drug-likeness (QED) is 0.0519. The van der Waals surface area contributed by atoms with Crippen LogP contribution in [0, 0.1) is 52.3 Å². The van der Waals surface area contributed by atoms with Crippen LogP contribution in [0.25, 0.3) is 19.4 Å². The second-order valence-corrected chi connectivity index (χ2v) is 20.5. The van der Waals surface area contributed by atoms with Gasteiger partial charge in [-0.05, 0) is 60.9 Å². The molecule has 0 atom stereocenters. The summed E-state index contributed by atoms with van der Waals surface area (Å²) in [5.74, 6) is -0.913. The van der Waals surface area contributed by atoms with Crippen molar-refractivity contribution >= 4 is 86.4 Å². The van der Waals surface area contributed by atoms with Gasteiger partial charge in [-0.1, -0.05) is 18.2 Å². The van der Waals surface area contributed by atoms with E-state index < -0.39 is 50.9 Å². The minimum atomic E-state index is -3.14. The van der Waals surface area contributed by atoms with Gasteiger partial charge in [0.25, 0.3) is 5.69 Å². The second kappa shape index (κ2) is 24.3. The number of fused-ring (bicyclic) bond motifs is 1. The van der Waals surface area contributed by atoms with Crippen LogP contribution >= 0.6 is 0 Å². The van der Waals surface area contributed by atoms with E-state index in [-0.39, 0.29) is 53.1 Å². The Kier molecular flexibility index (Phi) is 20.0. The number of rotatable bonds is 13. The fourth-order valence-electron chi connectivity index (χ4n) is 5.33. The van der Waals surface area contributed by atoms with Crippen molar-refractivity contribution in [3.05, 3.63) is 150 Å². The Balaban J connectivity index is 0.000000296. The number of nitro groups is 2. The van der Waals surface area contributed by atoms with E-state index in [1.165, 1.54) is 42.3 Å². The topological polar surface area (TPSA) is 259 Å². The summed E-state index contributed by atoms with van der Waals surface area (Å²) in [5.41, 5.74) is 9.75. The van der Waals surface area contributed by atoms with Crippen LogP contribution in [-0.2, 0) is 35.9 Å². The molecule has 4 aromatic carbocycles. The maximum Gasteiger partial charge on any atom is 0.302 e. The van der Waals surface area contributed by atoms with Crippen molar-refractivity contribution in [2.24, 2.45) is 0 Å². The van der Waals surface area contributed by atoms with Crippen LogP contribution in [0.1, 0.15) is 12.0 Å². The fourth-order valence-corrected chi connectivity index (χ4v) is 6.83. The Bertz CT molecular complexity index is 2850. The maximum absolute atomic E-state index is 12.7. The highest BCUT2D eigenvalue weighted by molar-refractivity contribution is 7.91. The van der Waals surface area contributed by atoms with Crippen molar-refractivity contribution in [3.8, 4) is 0 Å². The highest BCUT2D eigenvalue weighted by atomic mass is 32.2. The maximum atomic E-state index is 12.7. The fraction of sp³-hybridized carbons (Fsp3) is 0.300. The summed E-state index contributed by atoms with van der Waals surface area (Å²) >= 11 is 0. The minimum absolute atomic E-state index is 0.0364. The molecule has 5 rings (SSSR count). The molecule has 0 aliphatic carbocycles. The minimum Gasteiger partial charge on any atom is -0.397 e. The van der Waals surface area contributed by atoms with Gasteiger partial charge >= 0.3 is 5.69 Å². The second-order valence-electron chi connectivity index (χ2n) is 13.7. The van der Waals surface area contributed by atoms with Gasteiger partial charge in [-0.15, -0.1) is 0 Å². The number of nitro benzene ring substituents is 2. The zero-order valence-electron chi connectivity index (χ0n) is 34.7. The molecule has 0 amide bonds. The molecule has 4 aromatic rings. The summed E-state index contributed by atoms with van der Waals surface area (Å²) in [6.07, 6.45) is 5.55. The van der Waals surface area contributed by atoms with E-state index >= 15 is 0 Å². The van der Waals surface area contributed by atoms with Crippen LogP contribution in [0.3, 0.4) is 0 Å². The molecule has 0 spiro atoms. The van der Waals surface area contributed by atoms with Crippen LogP contribution in [0.2, 0.25) is 0 Å². The first-order chi connectivity index (χ1) is 29.9. The van der Waals surface area contributed by atoms with E-state index in [2.05, 4.69) is 34.9 Å². The third-order valence-corrected chi connectivity index (χ3v) is 11.3. The highest BCUT2D eigenvalue weighted by Gasteiger charge is 2.19. The molecule has 1 aliphatic heterocycles. The lowest BCUT2D eigenvalue weighted by Gasteiger charge is -2.31. The molecule has 0 fully saturated rings. The van der Waals surface area contributed by atoms with Crippen LogP contribution in [0.15, 0.2) is 72.8 Å². The summed E-state index contributed by atoms with van der Waals surface area (Å²) in [6, 6.07) is 17.4. The summed E-state index contributed by atoms with van der Waals surface area (Å²) in [4.78, 5) is 34.3. The van der Waals surface area contributed by atoms with E-state index in [9.17, 15) is 49.9 Å². The Morgan fingerprint density at radius 1 is 0.656 bits per heavy atom. The summed E-state index contributed by atoms with van der Waals surface area (Å²) < 4.78 is 78.9. The van der Waals surface area contributed by atoms with Gasteiger partial charge in [-0.25, -0.2) is 49.0 Å². The van der Waals surface area contributed by atoms with E-state index in [1.54, 1.807) is 18.2 Å². The van der Waals surface area contributed by atoms with Crippen LogP contribution < -0.4 is 21.3 Å². The van der Waals surface area contributed by atoms with Gasteiger partial charge in [0.15, 0.2) is 28.6 Å². The summed E-state index contributed by atoms with van der Waals surface area (Å²) in [7, 11) is -9.07. The van der Waals surface area contributed by atoms with Crippen LogP contribution in [0.4, 0.5) is 61.3 Å². The standard InChI is InChI=1S/C13H16N2O2S.C10H11N3O4S.C10H13N3O2S.C7H3FN2O2/c1-14-12-6-5-11-4-3-7-15(13(11)10-12)8-9-18(2,16)17;1-11-8-3-4-10(13(14)15)9(7-8)12-5-6-18(2,16)17;1-12-8-3-4-9(11)10(7-8)13-5-6-16(2,14)15;1-9-5-2-3-7(10(11)12)6(8)4-5/h5-6,10H,3-4,7-9H2,2H3;3-4,7,12H,5-6H2,2H3;3-4,7,13H,5-6,11H2,2H3;2-4H. The van der Waals surface area contributed by atoms with E-state index in [1.807, 2.05) is 18.2 Å². The van der Waals surface area contributed by atoms with Gasteiger partial charge in [0.05, 0.1) is 59.1 Å². The van der Waals surface area contributed by atoms with Gasteiger partial charge in [0, 0.05) is 68.5 Å². The van der Waals surface area contributed by atoms with E-state index in [0.29, 0.717) is 29.3 Å². The number of hydrogen-bond acceptors (Lipinski definition) is 14. The predicted molar refractivity (Wildman–Crippen MR) is 245 cm³/mol. The first-order valence-corrected chi connectivity index (χ1v) is 24.6. The molecule has 20 nitrogen and oxygen atoms in total. The van der Waals surface area contributed by atoms with E-state index in [4.69, 9.17) is 32.0 Å². The predicted octanol–water partition coefficient (Wildman–Crippen LogP) is 7.20. The van der Waals surface area contributed by atoms with Crippen molar-refractivity contribution in [2.45, 2.75) is 12.8 Å². The number of nitrogens with two attached hydrogens (primary N) is 1. The van der Waals surface area contributed by atoms with Gasteiger partial charge in [-0.2, -0.15) is 0 Å². The lowest BCUT2D eigenvalue weighted by molar-refractivity contribution is -0.387. The lowest BCUT2D eigenvalue weighted by Crippen LogP contribution is -2.33. The van der Waals surface area contributed by atoms with Crippen molar-refractivity contribution in [3.63, 3.8) is 0 Å². The monoisotopic (exact) mass is 938 g/mol. The molecule has 0 aromatic heterocycles. The largest absolute Gasteiger partial charge is 0.397 e. The highest BCUT2D eigenvalue weighted by Crippen LogP contribution is 2.32. The molecule has 0 radical (unpaired) electrons. The first kappa shape index (κ1) is 52.8. The number of benzene rings is 4. The normalized spacial score (nSPS) is 11.6. The molecule has 0 unspecified atom stereocenters. The average Bonchev–Trinajstić information content (AvgIpc) is 3.22. The van der Waals surface area contributed by atoms with E-state index in [0.717, 1.165) is 43.5 Å². The van der Waals surface area contributed by atoms with Crippen molar-refractivity contribution in [2.75, 3.05) is 83.5 Å². The molecule has 1 heterocycles. The number of nitrogen functional groups attached to an aromatic ring is 1. The molecule has 64 heavy (non-hydrogen) atoms. The zero-order chi connectivity index (χ0) is 48.3. The molecule has 24 heteroatoms. The van der Waals surface area contributed by atoms with Gasteiger partial charge < -0.3 is 21.3 Å². The first-order valence-electron chi connectivity index (χ1n) is 18.4. The molecule has 0 saturated carbocycles. The molecule has 0 saturated heterocycles. The smallest absolute Gasteiger partial charge is 0.302 e. The number of hydrogen-bond donors (Lipinski definition) is 3. The number of nitrogens with zero attached hydrogens (tertiary/aromatic N) is 7. The Morgan fingerprint density at radius 2 is 1.09 bits per heavy atom. The van der Waals surface area contributed by atoms with Crippen molar-refractivity contribution in [1.82, 2.24) is 0 Å². The number of aryl methyl sites for hydroxylation is 1. The van der Waals surface area contributed by atoms with Gasteiger partial charge in [0.2, 0.25) is 0 Å². The summed E-state index contributed by atoms with van der Waals surface area (Å²) in [6.45, 7) is 28.9. The average molecular weight is 939 g/mol. The molecule has 338 valence electrons. The van der Waals surface area contributed by atoms with Gasteiger partial charge in [-0.3, -0.25) is 20.2 Å². The molecular formula is C40H43FN10O10S3. The molecule has 4 N–H and O–H groups in total. The SMILES string of the molecule is [C-]#[N+]c1ccc(N)c(NCCS(C)(=O)=O)c1.[C-]#[N+]c1ccc([N+](=O)[O-])c(F)c1.[C-]#[N+]c1ccc([N+](=O)[O-])c(NCCS(C)(=O)=O)c1.[C-]#[N+]c1ccc2c(c1)N(CCS(C)(=O)=O)CCC2.